The largest absolute Gasteiger partial charge is 0.497 e. The van der Waals surface area contributed by atoms with Crippen LogP contribution in [0.25, 0.3) is 0 Å². The summed E-state index contributed by atoms with van der Waals surface area (Å²) in [6.45, 7) is 1.02. The van der Waals surface area contributed by atoms with Crippen LogP contribution in [0.1, 0.15) is 39.9 Å². The summed E-state index contributed by atoms with van der Waals surface area (Å²) in [6, 6.07) is 10.3. The molecule has 0 fully saturated rings. The molecule has 2 atom stereocenters. The van der Waals surface area contributed by atoms with Crippen molar-refractivity contribution in [2.24, 2.45) is 0 Å². The zero-order chi connectivity index (χ0) is 23.3. The number of benzene rings is 2. The molecule has 0 saturated heterocycles. The van der Waals surface area contributed by atoms with Gasteiger partial charge in [-0.25, -0.2) is 0 Å². The molecule has 1 aliphatic rings. The number of hydrogen-bond acceptors (Lipinski definition) is 6. The van der Waals surface area contributed by atoms with Crippen molar-refractivity contribution in [1.29, 1.82) is 0 Å². The average molecular weight is 443 g/mol. The fourth-order valence-corrected chi connectivity index (χ4v) is 4.09. The van der Waals surface area contributed by atoms with Gasteiger partial charge in [-0.1, -0.05) is 12.1 Å². The monoisotopic (exact) mass is 442 g/mol. The van der Waals surface area contributed by atoms with E-state index in [0.29, 0.717) is 47.9 Å². The van der Waals surface area contributed by atoms with Gasteiger partial charge in [0.1, 0.15) is 5.75 Å². The van der Waals surface area contributed by atoms with E-state index in [-0.39, 0.29) is 11.8 Å². The quantitative estimate of drug-likeness (QED) is 0.601. The maximum absolute atomic E-state index is 13.5. The van der Waals surface area contributed by atoms with Gasteiger partial charge < -0.3 is 29.2 Å². The number of amides is 2. The van der Waals surface area contributed by atoms with Gasteiger partial charge in [-0.05, 0) is 41.8 Å². The maximum atomic E-state index is 13.5. The Labute approximate surface area is 188 Å². The molecule has 8 heteroatoms. The van der Waals surface area contributed by atoms with Crippen LogP contribution in [0.3, 0.4) is 0 Å². The van der Waals surface area contributed by atoms with Crippen molar-refractivity contribution < 1.29 is 28.5 Å². The Kier molecular flexibility index (Phi) is 7.58. The van der Waals surface area contributed by atoms with E-state index in [4.69, 9.17) is 18.9 Å². The number of hydrogen-bond donors (Lipinski definition) is 1. The second-order valence-corrected chi connectivity index (χ2v) is 7.54. The number of nitrogens with one attached hydrogen (secondary N) is 1. The molecule has 2 aromatic rings. The Morgan fingerprint density at radius 2 is 1.66 bits per heavy atom. The Hall–Kier alpha value is -3.26. The molecule has 1 aliphatic heterocycles. The number of ether oxygens (including phenoxy) is 4. The number of carbonyl (C=O) groups is 2. The molecular formula is C24H30N2O6. The highest BCUT2D eigenvalue weighted by Gasteiger charge is 2.43. The predicted octanol–water partition coefficient (Wildman–Crippen LogP) is 2.78. The van der Waals surface area contributed by atoms with Gasteiger partial charge in [0.25, 0.3) is 5.91 Å². The van der Waals surface area contributed by atoms with E-state index in [1.807, 2.05) is 24.3 Å². The number of likely N-dealkylation sites (N-methyl/N-ethyl adjacent to an activating group) is 1. The molecule has 0 unspecified atom stereocenters. The lowest BCUT2D eigenvalue weighted by Crippen LogP contribution is -2.45. The van der Waals surface area contributed by atoms with Gasteiger partial charge in [0.2, 0.25) is 5.91 Å². The fourth-order valence-electron chi connectivity index (χ4n) is 4.09. The molecule has 32 heavy (non-hydrogen) atoms. The van der Waals surface area contributed by atoms with Crippen LogP contribution in [0.15, 0.2) is 36.4 Å². The summed E-state index contributed by atoms with van der Waals surface area (Å²) >= 11 is 0. The molecule has 0 saturated carbocycles. The molecule has 0 radical (unpaired) electrons. The molecule has 0 bridgehead atoms. The lowest BCUT2D eigenvalue weighted by molar-refractivity contribution is -0.124. The Balaban J connectivity index is 2.10. The van der Waals surface area contributed by atoms with Crippen LogP contribution < -0.4 is 19.5 Å². The van der Waals surface area contributed by atoms with E-state index in [1.165, 1.54) is 14.2 Å². The third kappa shape index (κ3) is 4.50. The molecule has 0 spiro atoms. The number of rotatable bonds is 9. The van der Waals surface area contributed by atoms with Crippen molar-refractivity contribution >= 4 is 11.8 Å². The van der Waals surface area contributed by atoms with Crippen molar-refractivity contribution in [1.82, 2.24) is 10.2 Å². The van der Waals surface area contributed by atoms with Crippen molar-refractivity contribution in [2.75, 3.05) is 48.6 Å². The van der Waals surface area contributed by atoms with E-state index in [9.17, 15) is 9.59 Å². The van der Waals surface area contributed by atoms with Gasteiger partial charge in [0.05, 0.1) is 33.3 Å². The first-order valence-electron chi connectivity index (χ1n) is 10.4. The first kappa shape index (κ1) is 23.4. The summed E-state index contributed by atoms with van der Waals surface area (Å²) < 4.78 is 21.2. The molecule has 1 heterocycles. The van der Waals surface area contributed by atoms with Crippen LogP contribution >= 0.6 is 0 Å². The Morgan fingerprint density at radius 1 is 1.00 bits per heavy atom. The smallest absolute Gasteiger partial charge is 0.254 e. The summed E-state index contributed by atoms with van der Waals surface area (Å²) in [7, 11) is 7.97. The molecule has 8 nitrogen and oxygen atoms in total. The lowest BCUT2D eigenvalue weighted by atomic mass is 9.79. The summed E-state index contributed by atoms with van der Waals surface area (Å²) in [5.74, 6) is 0.610. The molecule has 2 aromatic carbocycles. The second kappa shape index (κ2) is 10.4. The molecule has 3 rings (SSSR count). The second-order valence-electron chi connectivity index (χ2n) is 7.54. The normalized spacial score (nSPS) is 17.5. The Bertz CT molecular complexity index is 960. The number of carbonyl (C=O) groups excluding carboxylic acids is 2. The first-order chi connectivity index (χ1) is 15.5. The fraction of sp³-hybridized carbons (Fsp3) is 0.417. The zero-order valence-electron chi connectivity index (χ0n) is 19.1. The van der Waals surface area contributed by atoms with Crippen molar-refractivity contribution in [3.8, 4) is 17.2 Å². The standard InChI is InChI=1S/C24H30N2O6/c1-26-22(15-7-9-16(30-3)10-8-15)21(23(27)25-11-6-12-29-2)17-13-19(31-4)20(32-5)14-18(17)24(26)28/h7-10,13-14,21-22H,6,11-12H2,1-5H3,(H,25,27)/t21-,22-/m0/s1. The van der Waals surface area contributed by atoms with E-state index in [0.717, 1.165) is 5.56 Å². The van der Waals surface area contributed by atoms with Gasteiger partial charge in [-0.2, -0.15) is 0 Å². The highest BCUT2D eigenvalue weighted by molar-refractivity contribution is 6.02. The average Bonchev–Trinajstić information content (AvgIpc) is 2.83. The maximum Gasteiger partial charge on any atom is 0.254 e. The minimum atomic E-state index is -0.636. The first-order valence-corrected chi connectivity index (χ1v) is 10.4. The van der Waals surface area contributed by atoms with Gasteiger partial charge in [0.15, 0.2) is 11.5 Å². The topological polar surface area (TPSA) is 86.3 Å². The van der Waals surface area contributed by atoms with Gasteiger partial charge >= 0.3 is 0 Å². The zero-order valence-corrected chi connectivity index (χ0v) is 19.1. The van der Waals surface area contributed by atoms with Crippen LogP contribution in [0.2, 0.25) is 0 Å². The third-order valence-corrected chi connectivity index (χ3v) is 5.74. The molecule has 0 aliphatic carbocycles. The van der Waals surface area contributed by atoms with Crippen molar-refractivity contribution in [3.63, 3.8) is 0 Å². The SMILES string of the molecule is COCCCNC(=O)[C@H]1c2cc(OC)c(OC)cc2C(=O)N(C)[C@H]1c1ccc(OC)cc1. The van der Waals surface area contributed by atoms with Gasteiger partial charge in [0, 0.05) is 32.9 Å². The van der Waals surface area contributed by atoms with E-state index >= 15 is 0 Å². The van der Waals surface area contributed by atoms with Crippen molar-refractivity contribution in [3.05, 3.63) is 53.1 Å². The van der Waals surface area contributed by atoms with Crippen molar-refractivity contribution in [2.45, 2.75) is 18.4 Å². The highest BCUT2D eigenvalue weighted by atomic mass is 16.5. The van der Waals surface area contributed by atoms with E-state index in [2.05, 4.69) is 5.32 Å². The minimum absolute atomic E-state index is 0.172. The molecule has 2 amide bonds. The molecule has 0 aromatic heterocycles. The number of methoxy groups -OCH3 is 4. The van der Waals surface area contributed by atoms with Gasteiger partial charge in [-0.3, -0.25) is 9.59 Å². The van der Waals surface area contributed by atoms with Crippen LogP contribution in [-0.2, 0) is 9.53 Å². The number of fused-ring (bicyclic) bond motifs is 1. The summed E-state index contributed by atoms with van der Waals surface area (Å²) in [4.78, 5) is 28.4. The van der Waals surface area contributed by atoms with Crippen LogP contribution in [0, 0.1) is 0 Å². The highest BCUT2D eigenvalue weighted by Crippen LogP contribution is 2.45. The molecule has 172 valence electrons. The molecular weight excluding hydrogens is 412 g/mol. The van der Waals surface area contributed by atoms with Crippen LogP contribution in [0.5, 0.6) is 17.2 Å². The summed E-state index contributed by atoms with van der Waals surface area (Å²) in [6.07, 6.45) is 0.690. The Morgan fingerprint density at radius 3 is 2.25 bits per heavy atom. The predicted molar refractivity (Wildman–Crippen MR) is 120 cm³/mol. The summed E-state index contributed by atoms with van der Waals surface area (Å²) in [5.41, 5.74) is 1.86. The lowest BCUT2D eigenvalue weighted by Gasteiger charge is -2.40. The van der Waals surface area contributed by atoms with E-state index < -0.39 is 12.0 Å². The summed E-state index contributed by atoms with van der Waals surface area (Å²) in [5, 5.41) is 3.00. The van der Waals surface area contributed by atoms with Crippen LogP contribution in [-0.4, -0.2) is 65.4 Å². The van der Waals surface area contributed by atoms with Gasteiger partial charge in [-0.15, -0.1) is 0 Å². The third-order valence-electron chi connectivity index (χ3n) is 5.74. The van der Waals surface area contributed by atoms with E-state index in [1.54, 1.807) is 38.3 Å². The van der Waals surface area contributed by atoms with Crippen LogP contribution in [0.4, 0.5) is 0 Å². The minimum Gasteiger partial charge on any atom is -0.497 e. The molecule has 1 N–H and O–H groups in total. The number of nitrogens with zero attached hydrogens (tertiary/aromatic N) is 1.